The van der Waals surface area contributed by atoms with Gasteiger partial charge >= 0.3 is 0 Å². The molecule has 5 nitrogen and oxygen atoms in total. The van der Waals surface area contributed by atoms with E-state index in [2.05, 4.69) is 5.32 Å². The predicted octanol–water partition coefficient (Wildman–Crippen LogP) is 1.94. The first kappa shape index (κ1) is 18.7. The highest BCUT2D eigenvalue weighted by atomic mass is 35.5. The van der Waals surface area contributed by atoms with Crippen LogP contribution < -0.4 is 15.8 Å². The van der Waals surface area contributed by atoms with Gasteiger partial charge in [0.2, 0.25) is 5.91 Å². The lowest BCUT2D eigenvalue weighted by Crippen LogP contribution is -2.29. The summed E-state index contributed by atoms with van der Waals surface area (Å²) in [7, 11) is 0. The number of ether oxygens (including phenoxy) is 2. The van der Waals surface area contributed by atoms with Crippen molar-refractivity contribution in [3.63, 3.8) is 0 Å². The molecule has 0 radical (unpaired) electrons. The summed E-state index contributed by atoms with van der Waals surface area (Å²) in [6.07, 6.45) is 1.34. The molecule has 1 fully saturated rings. The van der Waals surface area contributed by atoms with Gasteiger partial charge in [-0.15, -0.1) is 12.4 Å². The third-order valence-corrected chi connectivity index (χ3v) is 3.39. The van der Waals surface area contributed by atoms with Gasteiger partial charge in [0.1, 0.15) is 11.9 Å². The lowest BCUT2D eigenvalue weighted by Gasteiger charge is -2.17. The minimum absolute atomic E-state index is 0. The van der Waals surface area contributed by atoms with Gasteiger partial charge in [-0.05, 0) is 25.5 Å². The summed E-state index contributed by atoms with van der Waals surface area (Å²) in [6, 6.07) is 5.89. The van der Waals surface area contributed by atoms with Crippen molar-refractivity contribution < 1.29 is 14.3 Å². The summed E-state index contributed by atoms with van der Waals surface area (Å²) in [5.41, 5.74) is 7.73. The first-order valence-corrected chi connectivity index (χ1v) is 7.41. The molecule has 0 bridgehead atoms. The maximum Gasteiger partial charge on any atom is 0.221 e. The Labute approximate surface area is 138 Å². The molecule has 2 rings (SSSR count). The van der Waals surface area contributed by atoms with Crippen LogP contribution in [0.25, 0.3) is 0 Å². The molecular formula is C16H25ClN2O3. The van der Waals surface area contributed by atoms with Crippen LogP contribution in [0.3, 0.4) is 0 Å². The molecule has 0 spiro atoms. The second kappa shape index (κ2) is 8.98. The van der Waals surface area contributed by atoms with Crippen LogP contribution in [-0.4, -0.2) is 31.3 Å². The molecule has 1 aromatic carbocycles. The zero-order valence-corrected chi connectivity index (χ0v) is 13.9. The number of aryl methyl sites for hydroxylation is 1. The molecule has 1 aliphatic rings. The molecule has 0 aliphatic carbocycles. The van der Waals surface area contributed by atoms with Gasteiger partial charge in [-0.1, -0.05) is 12.1 Å². The highest BCUT2D eigenvalue weighted by Gasteiger charge is 2.19. The van der Waals surface area contributed by atoms with Gasteiger partial charge in [0.25, 0.3) is 0 Å². The normalized spacial score (nSPS) is 18.4. The molecule has 1 saturated heterocycles. The van der Waals surface area contributed by atoms with E-state index in [9.17, 15) is 4.79 Å². The Morgan fingerprint density at radius 1 is 1.55 bits per heavy atom. The Morgan fingerprint density at radius 2 is 2.32 bits per heavy atom. The Kier molecular flexibility index (Phi) is 7.65. The van der Waals surface area contributed by atoms with Crippen molar-refractivity contribution in [1.82, 2.24) is 5.32 Å². The molecule has 2 unspecified atom stereocenters. The van der Waals surface area contributed by atoms with Crippen molar-refractivity contribution in [3.8, 4) is 5.75 Å². The van der Waals surface area contributed by atoms with Crippen molar-refractivity contribution in [2.45, 2.75) is 45.4 Å². The summed E-state index contributed by atoms with van der Waals surface area (Å²) >= 11 is 0. The lowest BCUT2D eigenvalue weighted by atomic mass is 10.1. The van der Waals surface area contributed by atoms with Crippen molar-refractivity contribution in [1.29, 1.82) is 0 Å². The van der Waals surface area contributed by atoms with E-state index in [-0.39, 0.29) is 30.5 Å². The number of carbonyl (C=O) groups is 1. The molecule has 2 atom stereocenters. The molecule has 22 heavy (non-hydrogen) atoms. The van der Waals surface area contributed by atoms with Gasteiger partial charge in [0.05, 0.1) is 13.2 Å². The van der Waals surface area contributed by atoms with Gasteiger partial charge in [-0.2, -0.15) is 0 Å². The van der Waals surface area contributed by atoms with Crippen LogP contribution >= 0.6 is 12.4 Å². The molecule has 0 saturated carbocycles. The highest BCUT2D eigenvalue weighted by Crippen LogP contribution is 2.23. The highest BCUT2D eigenvalue weighted by molar-refractivity contribution is 5.85. The smallest absolute Gasteiger partial charge is 0.221 e. The Morgan fingerprint density at radius 3 is 2.95 bits per heavy atom. The van der Waals surface area contributed by atoms with Gasteiger partial charge in [-0.3, -0.25) is 4.79 Å². The third kappa shape index (κ3) is 5.83. The number of hydrogen-bond donors (Lipinski definition) is 2. The molecule has 3 N–H and O–H groups in total. The average molecular weight is 329 g/mol. The topological polar surface area (TPSA) is 73.6 Å². The van der Waals surface area contributed by atoms with E-state index in [1.54, 1.807) is 0 Å². The quantitative estimate of drug-likeness (QED) is 0.837. The average Bonchev–Trinajstić information content (AvgIpc) is 2.90. The Balaban J connectivity index is 0.00000242. The first-order chi connectivity index (χ1) is 10.0. The van der Waals surface area contributed by atoms with Crippen LogP contribution in [0, 0.1) is 6.92 Å². The fourth-order valence-corrected chi connectivity index (χ4v) is 2.26. The predicted molar refractivity (Wildman–Crippen MR) is 88.4 cm³/mol. The molecule has 0 aromatic heterocycles. The Bertz CT molecular complexity index is 488. The van der Waals surface area contributed by atoms with E-state index in [0.717, 1.165) is 29.9 Å². The molecule has 124 valence electrons. The number of hydrogen-bond acceptors (Lipinski definition) is 4. The van der Waals surface area contributed by atoms with Gasteiger partial charge in [-0.25, -0.2) is 0 Å². The second-order valence-electron chi connectivity index (χ2n) is 5.67. The number of nitrogens with two attached hydrogens (primary N) is 1. The van der Waals surface area contributed by atoms with E-state index in [4.69, 9.17) is 15.2 Å². The monoisotopic (exact) mass is 328 g/mol. The zero-order chi connectivity index (χ0) is 15.2. The van der Waals surface area contributed by atoms with Crippen molar-refractivity contribution in [2.75, 3.05) is 13.2 Å². The summed E-state index contributed by atoms with van der Waals surface area (Å²) < 4.78 is 11.3. The van der Waals surface area contributed by atoms with Crippen molar-refractivity contribution >= 4 is 18.3 Å². The molecule has 1 amide bonds. The standard InChI is InChI=1S/C16H24N2O3.ClH/c1-11-3-4-13(9-18-16(19)8-12(2)17)15(7-11)21-14-5-6-20-10-14;/h3-4,7,12,14H,5-6,8-10,17H2,1-2H3,(H,18,19);1H. The molecule has 1 aromatic rings. The van der Waals surface area contributed by atoms with E-state index in [1.807, 2.05) is 32.0 Å². The minimum Gasteiger partial charge on any atom is -0.488 e. The van der Waals surface area contributed by atoms with E-state index in [0.29, 0.717) is 19.6 Å². The van der Waals surface area contributed by atoms with Gasteiger partial charge in [0, 0.05) is 31.0 Å². The minimum atomic E-state index is -0.130. The van der Waals surface area contributed by atoms with Gasteiger partial charge in [0.15, 0.2) is 0 Å². The molecular weight excluding hydrogens is 304 g/mol. The molecule has 6 heteroatoms. The van der Waals surface area contributed by atoms with Gasteiger partial charge < -0.3 is 20.5 Å². The maximum atomic E-state index is 11.7. The van der Waals surface area contributed by atoms with E-state index >= 15 is 0 Å². The SMILES string of the molecule is Cc1ccc(CNC(=O)CC(C)N)c(OC2CCOC2)c1.Cl. The van der Waals surface area contributed by atoms with Crippen LogP contribution in [0.2, 0.25) is 0 Å². The number of halogens is 1. The fourth-order valence-electron chi connectivity index (χ4n) is 2.26. The molecule has 1 aliphatic heterocycles. The van der Waals surface area contributed by atoms with E-state index in [1.165, 1.54) is 0 Å². The van der Waals surface area contributed by atoms with Crippen molar-refractivity contribution in [3.05, 3.63) is 29.3 Å². The second-order valence-corrected chi connectivity index (χ2v) is 5.67. The van der Waals surface area contributed by atoms with Crippen LogP contribution in [-0.2, 0) is 16.1 Å². The number of carbonyl (C=O) groups excluding carboxylic acids is 1. The van der Waals surface area contributed by atoms with Crippen LogP contribution in [0.15, 0.2) is 18.2 Å². The fraction of sp³-hybridized carbons (Fsp3) is 0.562. The van der Waals surface area contributed by atoms with E-state index < -0.39 is 0 Å². The Hall–Kier alpha value is -1.30. The number of nitrogens with one attached hydrogen (secondary N) is 1. The maximum absolute atomic E-state index is 11.7. The van der Waals surface area contributed by atoms with Crippen LogP contribution in [0.5, 0.6) is 5.75 Å². The summed E-state index contributed by atoms with van der Waals surface area (Å²) in [4.78, 5) is 11.7. The third-order valence-electron chi connectivity index (χ3n) is 3.39. The lowest BCUT2D eigenvalue weighted by molar-refractivity contribution is -0.121. The number of amides is 1. The largest absolute Gasteiger partial charge is 0.488 e. The summed E-state index contributed by atoms with van der Waals surface area (Å²) in [5.74, 6) is 0.785. The summed E-state index contributed by atoms with van der Waals surface area (Å²) in [6.45, 7) is 5.67. The number of rotatable bonds is 6. The van der Waals surface area contributed by atoms with Crippen molar-refractivity contribution in [2.24, 2.45) is 5.73 Å². The van der Waals surface area contributed by atoms with Crippen LogP contribution in [0.1, 0.15) is 30.9 Å². The van der Waals surface area contributed by atoms with Crippen LogP contribution in [0.4, 0.5) is 0 Å². The summed E-state index contributed by atoms with van der Waals surface area (Å²) in [5, 5.41) is 2.88. The number of benzene rings is 1. The zero-order valence-electron chi connectivity index (χ0n) is 13.1. The molecule has 1 heterocycles. The first-order valence-electron chi connectivity index (χ1n) is 7.41.